The van der Waals surface area contributed by atoms with E-state index in [1.807, 2.05) is 26.0 Å². The molecule has 2 heterocycles. The van der Waals surface area contributed by atoms with E-state index in [4.69, 9.17) is 9.47 Å². The van der Waals surface area contributed by atoms with Crippen molar-refractivity contribution in [3.8, 4) is 11.5 Å². The Morgan fingerprint density at radius 2 is 2.14 bits per heavy atom. The van der Waals surface area contributed by atoms with E-state index in [1.165, 1.54) is 12.1 Å². The van der Waals surface area contributed by atoms with Gasteiger partial charge in [-0.3, -0.25) is 9.59 Å². The van der Waals surface area contributed by atoms with Crippen molar-refractivity contribution >= 4 is 17.5 Å². The molecule has 0 aromatic heterocycles. The van der Waals surface area contributed by atoms with Crippen molar-refractivity contribution in [1.29, 1.82) is 0 Å². The van der Waals surface area contributed by atoms with Crippen LogP contribution in [0.2, 0.25) is 0 Å². The summed E-state index contributed by atoms with van der Waals surface area (Å²) in [4.78, 5) is 24.8. The minimum atomic E-state index is -0.666. The number of nitrogens with one attached hydrogen (secondary N) is 2. The van der Waals surface area contributed by atoms with Gasteiger partial charge >= 0.3 is 0 Å². The second kappa shape index (κ2) is 7.73. The zero-order chi connectivity index (χ0) is 20.5. The van der Waals surface area contributed by atoms with Crippen molar-refractivity contribution in [2.75, 3.05) is 11.9 Å². The van der Waals surface area contributed by atoms with E-state index in [1.54, 1.807) is 6.07 Å². The quantitative estimate of drug-likeness (QED) is 0.810. The highest BCUT2D eigenvalue weighted by Gasteiger charge is 2.31. The highest BCUT2D eigenvalue weighted by molar-refractivity contribution is 6.01. The molecule has 4 rings (SSSR count). The van der Waals surface area contributed by atoms with Gasteiger partial charge in [-0.1, -0.05) is 6.07 Å². The highest BCUT2D eigenvalue weighted by atomic mass is 19.1. The van der Waals surface area contributed by atoms with Crippen molar-refractivity contribution in [2.45, 2.75) is 45.3 Å². The first-order chi connectivity index (χ1) is 13.9. The number of benzene rings is 2. The van der Waals surface area contributed by atoms with E-state index < -0.39 is 11.7 Å². The second-order valence-electron chi connectivity index (χ2n) is 7.39. The van der Waals surface area contributed by atoms with Gasteiger partial charge < -0.3 is 20.1 Å². The number of carbonyl (C=O) groups excluding carboxylic acids is 2. The van der Waals surface area contributed by atoms with E-state index in [0.717, 1.165) is 23.3 Å². The Bertz CT molecular complexity index is 976. The minimum Gasteiger partial charge on any atom is -0.494 e. The molecule has 0 unspecified atom stereocenters. The van der Waals surface area contributed by atoms with Crippen LogP contribution < -0.4 is 20.1 Å². The van der Waals surface area contributed by atoms with Crippen LogP contribution in [0.4, 0.5) is 10.1 Å². The molecule has 0 aliphatic carbocycles. The van der Waals surface area contributed by atoms with Crippen molar-refractivity contribution in [3.63, 3.8) is 0 Å². The number of hydrogen-bond donors (Lipinski definition) is 2. The fraction of sp³-hybridized carbons (Fsp3) is 0.364. The smallest absolute Gasteiger partial charge is 0.228 e. The molecule has 7 heteroatoms. The fourth-order valence-electron chi connectivity index (χ4n) is 3.89. The number of amides is 2. The molecule has 0 saturated heterocycles. The summed E-state index contributed by atoms with van der Waals surface area (Å²) in [7, 11) is 0. The lowest BCUT2D eigenvalue weighted by Crippen LogP contribution is -2.34. The molecule has 2 N–H and O–H groups in total. The summed E-state index contributed by atoms with van der Waals surface area (Å²) < 4.78 is 25.1. The lowest BCUT2D eigenvalue weighted by molar-refractivity contribution is -0.126. The minimum absolute atomic E-state index is 0.0214. The molecular weight excluding hydrogens is 375 g/mol. The van der Waals surface area contributed by atoms with Crippen molar-refractivity contribution in [3.05, 3.63) is 52.8 Å². The third-order valence-corrected chi connectivity index (χ3v) is 5.20. The van der Waals surface area contributed by atoms with Gasteiger partial charge in [0.25, 0.3) is 0 Å². The fourth-order valence-corrected chi connectivity index (χ4v) is 3.89. The number of halogens is 1. The zero-order valence-corrected chi connectivity index (χ0v) is 16.4. The monoisotopic (exact) mass is 398 g/mol. The van der Waals surface area contributed by atoms with Crippen molar-refractivity contribution < 1.29 is 23.5 Å². The Labute approximate surface area is 168 Å². The van der Waals surface area contributed by atoms with Gasteiger partial charge in [-0.15, -0.1) is 0 Å². The number of hydrogen-bond acceptors (Lipinski definition) is 4. The Morgan fingerprint density at radius 3 is 2.93 bits per heavy atom. The molecule has 0 bridgehead atoms. The number of carbonyl (C=O) groups is 2. The van der Waals surface area contributed by atoms with Crippen LogP contribution in [0.3, 0.4) is 0 Å². The van der Waals surface area contributed by atoms with E-state index in [-0.39, 0.29) is 30.9 Å². The van der Waals surface area contributed by atoms with Crippen LogP contribution in [0.1, 0.15) is 42.9 Å². The normalized spacial score (nSPS) is 19.6. The number of rotatable bonds is 5. The maximum atomic E-state index is 13.5. The third-order valence-electron chi connectivity index (χ3n) is 5.20. The van der Waals surface area contributed by atoms with Crippen LogP contribution in [0.15, 0.2) is 30.3 Å². The molecule has 2 aliphatic heterocycles. The first-order valence-electron chi connectivity index (χ1n) is 9.77. The summed E-state index contributed by atoms with van der Waals surface area (Å²) in [5.74, 6) is -0.196. The van der Waals surface area contributed by atoms with Gasteiger partial charge in [0.05, 0.1) is 12.5 Å². The van der Waals surface area contributed by atoms with Gasteiger partial charge in [-0.2, -0.15) is 0 Å². The molecule has 152 valence electrons. The molecule has 2 aliphatic rings. The SMILES string of the molecule is CCOc1cc2c(cc1CNC(=O)[C@H]1CC(=O)Nc3cc(F)ccc31)O[C@H](C)C2. The van der Waals surface area contributed by atoms with Crippen LogP contribution in [-0.4, -0.2) is 24.5 Å². The molecule has 6 nitrogen and oxygen atoms in total. The van der Waals surface area contributed by atoms with E-state index >= 15 is 0 Å². The molecule has 2 aromatic carbocycles. The summed E-state index contributed by atoms with van der Waals surface area (Å²) in [5.41, 5.74) is 2.86. The van der Waals surface area contributed by atoms with Gasteiger partial charge in [0, 0.05) is 36.2 Å². The topological polar surface area (TPSA) is 76.7 Å². The molecule has 2 aromatic rings. The van der Waals surface area contributed by atoms with Gasteiger partial charge in [-0.05, 0) is 43.7 Å². The molecule has 29 heavy (non-hydrogen) atoms. The number of anilines is 1. The molecule has 2 amide bonds. The maximum absolute atomic E-state index is 13.5. The molecule has 0 radical (unpaired) electrons. The molecular formula is C22H23FN2O4. The second-order valence-corrected chi connectivity index (χ2v) is 7.39. The van der Waals surface area contributed by atoms with Gasteiger partial charge in [0.1, 0.15) is 23.4 Å². The van der Waals surface area contributed by atoms with Gasteiger partial charge in [0.15, 0.2) is 0 Å². The van der Waals surface area contributed by atoms with Crippen LogP contribution in [0, 0.1) is 5.82 Å². The van der Waals surface area contributed by atoms with E-state index in [9.17, 15) is 14.0 Å². The average molecular weight is 398 g/mol. The van der Waals surface area contributed by atoms with E-state index in [2.05, 4.69) is 10.6 Å². The maximum Gasteiger partial charge on any atom is 0.228 e. The molecule has 0 fully saturated rings. The summed E-state index contributed by atoms with van der Waals surface area (Å²) in [6.45, 7) is 4.67. The predicted octanol–water partition coefficient (Wildman–Crippen LogP) is 3.29. The van der Waals surface area contributed by atoms with Gasteiger partial charge in [-0.25, -0.2) is 4.39 Å². The largest absolute Gasteiger partial charge is 0.494 e. The van der Waals surface area contributed by atoms with Crippen LogP contribution in [0.5, 0.6) is 11.5 Å². The summed E-state index contributed by atoms with van der Waals surface area (Å²) in [5, 5.41) is 5.52. The summed E-state index contributed by atoms with van der Waals surface area (Å²) in [6, 6.07) is 7.95. The zero-order valence-electron chi connectivity index (χ0n) is 16.4. The Hall–Kier alpha value is -3.09. The Morgan fingerprint density at radius 1 is 1.31 bits per heavy atom. The summed E-state index contributed by atoms with van der Waals surface area (Å²) in [6.07, 6.45) is 0.960. The van der Waals surface area contributed by atoms with Crippen molar-refractivity contribution in [1.82, 2.24) is 5.32 Å². The standard InChI is InChI=1S/C22H23FN2O4/c1-3-28-19-7-13-6-12(2)29-20(13)8-14(19)11-24-22(27)17-10-21(26)25-18-9-15(23)4-5-16(17)18/h4-5,7-9,12,17H,3,6,10-11H2,1-2H3,(H,24,27)(H,25,26)/t12-,17+/m1/s1. The number of ether oxygens (including phenoxy) is 2. The van der Waals surface area contributed by atoms with E-state index in [0.29, 0.717) is 23.6 Å². The molecule has 2 atom stereocenters. The van der Waals surface area contributed by atoms with Crippen molar-refractivity contribution in [2.24, 2.45) is 0 Å². The predicted molar refractivity (Wildman–Crippen MR) is 106 cm³/mol. The first-order valence-corrected chi connectivity index (χ1v) is 9.77. The number of fused-ring (bicyclic) bond motifs is 2. The van der Waals surface area contributed by atoms with Crippen LogP contribution in [-0.2, 0) is 22.6 Å². The lowest BCUT2D eigenvalue weighted by atomic mass is 9.89. The highest BCUT2D eigenvalue weighted by Crippen LogP contribution is 2.36. The Balaban J connectivity index is 1.53. The third kappa shape index (κ3) is 3.90. The van der Waals surface area contributed by atoms with Gasteiger partial charge in [0.2, 0.25) is 11.8 Å². The van der Waals surface area contributed by atoms with Crippen LogP contribution in [0.25, 0.3) is 0 Å². The first kappa shape index (κ1) is 19.2. The van der Waals surface area contributed by atoms with Crippen LogP contribution >= 0.6 is 0 Å². The Kier molecular flexibility index (Phi) is 5.13. The summed E-state index contributed by atoms with van der Waals surface area (Å²) >= 11 is 0. The molecule has 0 saturated carbocycles. The molecule has 0 spiro atoms. The lowest BCUT2D eigenvalue weighted by Gasteiger charge is -2.25. The average Bonchev–Trinajstić information content (AvgIpc) is 3.04.